The average molecular weight is 261 g/mol. The highest BCUT2D eigenvalue weighted by atomic mass is 16.5. The zero-order valence-corrected chi connectivity index (χ0v) is 11.3. The molecule has 0 aliphatic heterocycles. The fraction of sp³-hybridized carbons (Fsp3) is 0.357. The highest BCUT2D eigenvalue weighted by Gasteiger charge is 2.05. The Labute approximate surface area is 113 Å². The van der Waals surface area contributed by atoms with E-state index < -0.39 is 0 Å². The lowest BCUT2D eigenvalue weighted by molar-refractivity contribution is 0.293. The van der Waals surface area contributed by atoms with Gasteiger partial charge in [0.25, 0.3) is 0 Å². The fourth-order valence-electron chi connectivity index (χ4n) is 1.81. The molecule has 5 nitrogen and oxygen atoms in total. The molecule has 2 aromatic rings. The van der Waals surface area contributed by atoms with Crippen molar-refractivity contribution >= 4 is 0 Å². The minimum absolute atomic E-state index is 0.597. The lowest BCUT2D eigenvalue weighted by Gasteiger charge is -2.13. The van der Waals surface area contributed by atoms with Crippen molar-refractivity contribution in [1.82, 2.24) is 14.9 Å². The van der Waals surface area contributed by atoms with Crippen LogP contribution in [0.25, 0.3) is 0 Å². The van der Waals surface area contributed by atoms with Gasteiger partial charge in [0.1, 0.15) is 18.1 Å². The van der Waals surface area contributed by atoms with Crippen molar-refractivity contribution in [2.75, 3.05) is 20.8 Å². The van der Waals surface area contributed by atoms with E-state index in [4.69, 9.17) is 9.47 Å². The van der Waals surface area contributed by atoms with Crippen LogP contribution in [0.4, 0.5) is 0 Å². The van der Waals surface area contributed by atoms with Crippen LogP contribution in [-0.2, 0) is 13.1 Å². The molecule has 0 amide bonds. The highest BCUT2D eigenvalue weighted by Crippen LogP contribution is 2.24. The van der Waals surface area contributed by atoms with Gasteiger partial charge in [-0.15, -0.1) is 0 Å². The lowest BCUT2D eigenvalue weighted by atomic mass is 10.2. The van der Waals surface area contributed by atoms with Crippen molar-refractivity contribution in [2.45, 2.75) is 13.1 Å². The van der Waals surface area contributed by atoms with Crippen LogP contribution in [0.3, 0.4) is 0 Å². The molecule has 0 unspecified atom stereocenters. The van der Waals surface area contributed by atoms with Gasteiger partial charge in [0, 0.05) is 30.6 Å². The number of rotatable bonds is 7. The number of nitrogens with one attached hydrogen (secondary N) is 1. The first-order valence-electron chi connectivity index (χ1n) is 6.23. The molecule has 0 bridgehead atoms. The first-order valence-corrected chi connectivity index (χ1v) is 6.23. The van der Waals surface area contributed by atoms with Gasteiger partial charge in [-0.3, -0.25) is 0 Å². The van der Waals surface area contributed by atoms with Crippen LogP contribution in [0, 0.1) is 0 Å². The summed E-state index contributed by atoms with van der Waals surface area (Å²) < 4.78 is 13.0. The molecule has 0 spiro atoms. The van der Waals surface area contributed by atoms with E-state index in [0.29, 0.717) is 6.61 Å². The Hall–Kier alpha value is -2.01. The van der Waals surface area contributed by atoms with Crippen LogP contribution in [0.1, 0.15) is 5.56 Å². The van der Waals surface area contributed by atoms with Gasteiger partial charge in [-0.05, 0) is 13.1 Å². The number of hydrogen-bond acceptors (Lipinski definition) is 4. The van der Waals surface area contributed by atoms with Gasteiger partial charge in [0.2, 0.25) is 0 Å². The zero-order valence-electron chi connectivity index (χ0n) is 11.3. The van der Waals surface area contributed by atoms with E-state index in [0.717, 1.165) is 30.2 Å². The van der Waals surface area contributed by atoms with Gasteiger partial charge in [-0.2, -0.15) is 0 Å². The molecule has 0 saturated heterocycles. The van der Waals surface area contributed by atoms with E-state index in [-0.39, 0.29) is 0 Å². The van der Waals surface area contributed by atoms with E-state index in [1.165, 1.54) is 0 Å². The fourth-order valence-corrected chi connectivity index (χ4v) is 1.81. The van der Waals surface area contributed by atoms with Gasteiger partial charge in [-0.1, -0.05) is 6.07 Å². The molecular weight excluding hydrogens is 242 g/mol. The van der Waals surface area contributed by atoms with Crippen LogP contribution in [0.2, 0.25) is 0 Å². The van der Waals surface area contributed by atoms with Gasteiger partial charge >= 0.3 is 0 Å². The topological polar surface area (TPSA) is 48.3 Å². The Kier molecular flexibility index (Phi) is 4.80. The predicted molar refractivity (Wildman–Crippen MR) is 73.5 cm³/mol. The summed E-state index contributed by atoms with van der Waals surface area (Å²) in [6, 6.07) is 5.87. The van der Waals surface area contributed by atoms with Crippen LogP contribution < -0.4 is 14.8 Å². The molecule has 1 aromatic carbocycles. The lowest BCUT2D eigenvalue weighted by Crippen LogP contribution is -2.11. The minimum Gasteiger partial charge on any atom is -0.497 e. The quantitative estimate of drug-likeness (QED) is 0.824. The summed E-state index contributed by atoms with van der Waals surface area (Å²) in [6.45, 7) is 2.14. The Morgan fingerprint density at radius 3 is 2.95 bits per heavy atom. The summed E-state index contributed by atoms with van der Waals surface area (Å²) in [4.78, 5) is 4.00. The molecule has 19 heavy (non-hydrogen) atoms. The van der Waals surface area contributed by atoms with Gasteiger partial charge < -0.3 is 19.4 Å². The van der Waals surface area contributed by atoms with E-state index in [2.05, 4.69) is 10.3 Å². The van der Waals surface area contributed by atoms with Crippen molar-refractivity contribution in [3.8, 4) is 11.5 Å². The molecule has 0 radical (unpaired) electrons. The number of imidazole rings is 1. The largest absolute Gasteiger partial charge is 0.497 e. The maximum atomic E-state index is 5.84. The number of methoxy groups -OCH3 is 1. The molecule has 5 heteroatoms. The summed E-state index contributed by atoms with van der Waals surface area (Å²) in [7, 11) is 3.57. The maximum Gasteiger partial charge on any atom is 0.127 e. The second-order valence-corrected chi connectivity index (χ2v) is 4.15. The van der Waals surface area contributed by atoms with Crippen LogP contribution in [0.15, 0.2) is 36.9 Å². The van der Waals surface area contributed by atoms with E-state index in [9.17, 15) is 0 Å². The van der Waals surface area contributed by atoms with Crippen molar-refractivity contribution in [2.24, 2.45) is 0 Å². The Bertz CT molecular complexity index is 497. The van der Waals surface area contributed by atoms with Gasteiger partial charge in [-0.25, -0.2) is 4.98 Å². The summed E-state index contributed by atoms with van der Waals surface area (Å²) in [5.41, 5.74) is 1.12. The molecule has 1 heterocycles. The average Bonchev–Trinajstić information content (AvgIpc) is 2.94. The number of benzene rings is 1. The second kappa shape index (κ2) is 6.80. The second-order valence-electron chi connectivity index (χ2n) is 4.15. The summed E-state index contributed by atoms with van der Waals surface area (Å²) in [5.74, 6) is 1.66. The third kappa shape index (κ3) is 3.72. The van der Waals surface area contributed by atoms with Crippen LogP contribution >= 0.6 is 0 Å². The molecule has 0 fully saturated rings. The third-order valence-corrected chi connectivity index (χ3v) is 2.81. The summed E-state index contributed by atoms with van der Waals surface area (Å²) >= 11 is 0. The molecule has 1 aromatic heterocycles. The molecule has 0 atom stereocenters. The monoisotopic (exact) mass is 261 g/mol. The first kappa shape index (κ1) is 13.4. The SMILES string of the molecule is CNCc1ccc(OC)cc1OCCn1ccnc1. The predicted octanol–water partition coefficient (Wildman–Crippen LogP) is 1.69. The normalized spacial score (nSPS) is 10.4. The number of hydrogen-bond donors (Lipinski definition) is 1. The minimum atomic E-state index is 0.597. The molecule has 102 valence electrons. The first-order chi connectivity index (χ1) is 9.33. The number of aromatic nitrogens is 2. The third-order valence-electron chi connectivity index (χ3n) is 2.81. The van der Waals surface area contributed by atoms with Crippen LogP contribution in [0.5, 0.6) is 11.5 Å². The van der Waals surface area contributed by atoms with E-state index in [1.807, 2.05) is 36.0 Å². The van der Waals surface area contributed by atoms with Crippen molar-refractivity contribution < 1.29 is 9.47 Å². The Morgan fingerprint density at radius 2 is 2.26 bits per heavy atom. The summed E-state index contributed by atoms with van der Waals surface area (Å²) in [6.07, 6.45) is 5.46. The Balaban J connectivity index is 2.00. The Morgan fingerprint density at radius 1 is 1.37 bits per heavy atom. The van der Waals surface area contributed by atoms with Crippen molar-refractivity contribution in [3.05, 3.63) is 42.5 Å². The number of nitrogens with zero attached hydrogens (tertiary/aromatic N) is 2. The maximum absolute atomic E-state index is 5.84. The molecule has 0 saturated carbocycles. The van der Waals surface area contributed by atoms with Crippen molar-refractivity contribution in [1.29, 1.82) is 0 Å². The van der Waals surface area contributed by atoms with Gasteiger partial charge in [0.05, 0.1) is 20.0 Å². The molecule has 2 rings (SSSR count). The van der Waals surface area contributed by atoms with E-state index >= 15 is 0 Å². The molecule has 1 N–H and O–H groups in total. The number of ether oxygens (including phenoxy) is 2. The smallest absolute Gasteiger partial charge is 0.127 e. The van der Waals surface area contributed by atoms with Crippen LogP contribution in [-0.4, -0.2) is 30.3 Å². The highest BCUT2D eigenvalue weighted by molar-refractivity contribution is 5.40. The standard InChI is InChI=1S/C14H19N3O2/c1-15-10-12-3-4-13(18-2)9-14(12)19-8-7-17-6-5-16-11-17/h3-6,9,11,15H,7-8,10H2,1-2H3. The molecular formula is C14H19N3O2. The zero-order chi connectivity index (χ0) is 13.5. The van der Waals surface area contributed by atoms with Gasteiger partial charge in [0.15, 0.2) is 0 Å². The molecule has 0 aliphatic rings. The van der Waals surface area contributed by atoms with E-state index in [1.54, 1.807) is 19.6 Å². The van der Waals surface area contributed by atoms with Crippen molar-refractivity contribution in [3.63, 3.8) is 0 Å². The molecule has 0 aliphatic carbocycles. The summed E-state index contributed by atoms with van der Waals surface area (Å²) in [5, 5.41) is 3.13.